The Morgan fingerprint density at radius 1 is 1.29 bits per heavy atom. The van der Waals surface area contributed by atoms with Crippen LogP contribution in [-0.4, -0.2) is 18.5 Å². The normalized spacial score (nSPS) is 9.57. The van der Waals surface area contributed by atoms with Gasteiger partial charge in [0, 0.05) is 12.8 Å². The number of hydrogen-bond donors (Lipinski definition) is 1. The first kappa shape index (κ1) is 12.9. The Labute approximate surface area is 83.2 Å². The number of unbranched alkanes of at least 4 members (excludes halogenated alkanes) is 1. The van der Waals surface area contributed by atoms with Crippen molar-refractivity contribution in [2.75, 3.05) is 6.67 Å². The van der Waals surface area contributed by atoms with Gasteiger partial charge in [-0.2, -0.15) is 0 Å². The second kappa shape index (κ2) is 8.47. The molecule has 0 aliphatic heterocycles. The van der Waals surface area contributed by atoms with Crippen molar-refractivity contribution in [1.29, 1.82) is 0 Å². The van der Waals surface area contributed by atoms with Crippen molar-refractivity contribution in [2.45, 2.75) is 39.0 Å². The number of amides is 2. The third-order valence-electron chi connectivity index (χ3n) is 1.59. The lowest BCUT2D eigenvalue weighted by Gasteiger charge is -2.02. The second-order valence-corrected chi connectivity index (χ2v) is 2.94. The smallest absolute Gasteiger partial charge is 0.262 e. The lowest BCUT2D eigenvalue weighted by molar-refractivity contribution is -0.129. The Bertz CT molecular complexity index is 166. The Balaban J connectivity index is 3.41. The van der Waals surface area contributed by atoms with Crippen molar-refractivity contribution in [2.24, 2.45) is 0 Å². The molecule has 0 aromatic heterocycles. The molecular weight excluding hydrogens is 187 g/mol. The molecule has 0 fully saturated rings. The molecule has 0 saturated heterocycles. The molecule has 0 aromatic carbocycles. The molecule has 0 rings (SSSR count). The van der Waals surface area contributed by atoms with Crippen LogP contribution in [0.1, 0.15) is 39.0 Å². The maximum atomic E-state index is 11.6. The van der Waals surface area contributed by atoms with Crippen molar-refractivity contribution in [1.82, 2.24) is 10.9 Å². The zero-order valence-corrected chi connectivity index (χ0v) is 8.38. The molecule has 0 spiro atoms. The molecular formula is C9H16FN2O2. The standard InChI is InChI=1S/C9H16FN2O2/c1-2-3-5-8(13)11-12-9(14)6-4-7-10/h2-7H2,1H3,(H,12,14). The number of nitrogens with zero attached hydrogens (tertiary/aromatic N) is 1. The van der Waals surface area contributed by atoms with Crippen LogP contribution in [0.5, 0.6) is 0 Å². The van der Waals surface area contributed by atoms with Crippen molar-refractivity contribution in [3.63, 3.8) is 0 Å². The van der Waals surface area contributed by atoms with E-state index in [2.05, 4.69) is 10.9 Å². The van der Waals surface area contributed by atoms with E-state index in [-0.39, 0.29) is 18.7 Å². The van der Waals surface area contributed by atoms with Gasteiger partial charge in [0.05, 0.1) is 6.67 Å². The number of alkyl halides is 1. The molecule has 1 N–H and O–H groups in total. The van der Waals surface area contributed by atoms with Crippen LogP contribution in [-0.2, 0) is 9.59 Å². The van der Waals surface area contributed by atoms with Crippen LogP contribution in [0.3, 0.4) is 0 Å². The van der Waals surface area contributed by atoms with E-state index in [9.17, 15) is 14.0 Å². The van der Waals surface area contributed by atoms with Crippen LogP contribution in [0.4, 0.5) is 4.39 Å². The molecule has 2 amide bonds. The van der Waals surface area contributed by atoms with Gasteiger partial charge in [0.25, 0.3) is 5.91 Å². The molecule has 0 aliphatic rings. The highest BCUT2D eigenvalue weighted by Gasteiger charge is 2.05. The van der Waals surface area contributed by atoms with Crippen LogP contribution in [0.15, 0.2) is 0 Å². The van der Waals surface area contributed by atoms with E-state index in [1.54, 1.807) is 0 Å². The van der Waals surface area contributed by atoms with Gasteiger partial charge < -0.3 is 0 Å². The summed E-state index contributed by atoms with van der Waals surface area (Å²) in [7, 11) is 0. The molecule has 4 nitrogen and oxygen atoms in total. The highest BCUT2D eigenvalue weighted by Crippen LogP contribution is 1.93. The molecule has 0 unspecified atom stereocenters. The molecule has 0 aromatic rings. The van der Waals surface area contributed by atoms with Crippen LogP contribution in [0.25, 0.3) is 0 Å². The Hall–Kier alpha value is -1.13. The zero-order valence-electron chi connectivity index (χ0n) is 8.38. The minimum atomic E-state index is -0.531. The van der Waals surface area contributed by atoms with Gasteiger partial charge in [-0.1, -0.05) is 13.3 Å². The maximum Gasteiger partial charge on any atom is 0.262 e. The molecule has 0 bridgehead atoms. The zero-order chi connectivity index (χ0) is 10.8. The summed E-state index contributed by atoms with van der Waals surface area (Å²) >= 11 is 0. The number of hydrogen-bond acceptors (Lipinski definition) is 2. The van der Waals surface area contributed by atoms with E-state index in [0.29, 0.717) is 6.42 Å². The Kier molecular flexibility index (Phi) is 7.78. The monoisotopic (exact) mass is 203 g/mol. The summed E-state index contributed by atoms with van der Waals surface area (Å²) in [6.07, 6.45) is 2.27. The summed E-state index contributed by atoms with van der Waals surface area (Å²) in [5, 5.41) is 0. The first-order valence-electron chi connectivity index (χ1n) is 4.79. The van der Waals surface area contributed by atoms with Gasteiger partial charge in [0.15, 0.2) is 0 Å². The van der Waals surface area contributed by atoms with E-state index < -0.39 is 12.6 Å². The van der Waals surface area contributed by atoms with Crippen molar-refractivity contribution < 1.29 is 14.0 Å². The minimum Gasteiger partial charge on any atom is -0.273 e. The van der Waals surface area contributed by atoms with E-state index in [4.69, 9.17) is 0 Å². The summed E-state index contributed by atoms with van der Waals surface area (Å²) in [5.41, 5.74) is 5.45. The summed E-state index contributed by atoms with van der Waals surface area (Å²) < 4.78 is 11.6. The number of carbonyl (C=O) groups excluding carboxylic acids is 2. The summed E-state index contributed by atoms with van der Waals surface area (Å²) in [5.74, 6) is -0.743. The molecule has 0 heterocycles. The average molecular weight is 203 g/mol. The van der Waals surface area contributed by atoms with E-state index in [1.165, 1.54) is 0 Å². The number of nitrogens with one attached hydrogen (secondary N) is 1. The van der Waals surface area contributed by atoms with Gasteiger partial charge in [0.2, 0.25) is 5.91 Å². The second-order valence-electron chi connectivity index (χ2n) is 2.94. The molecule has 1 radical (unpaired) electrons. The van der Waals surface area contributed by atoms with Crippen LogP contribution < -0.4 is 10.9 Å². The topological polar surface area (TPSA) is 60.3 Å². The van der Waals surface area contributed by atoms with Crippen molar-refractivity contribution in [3.8, 4) is 0 Å². The number of rotatable bonds is 6. The molecule has 81 valence electrons. The highest BCUT2D eigenvalue weighted by atomic mass is 19.1. The van der Waals surface area contributed by atoms with Crippen LogP contribution in [0, 0.1) is 0 Å². The Morgan fingerprint density at radius 2 is 2.00 bits per heavy atom. The molecule has 0 aliphatic carbocycles. The fraction of sp³-hybridized carbons (Fsp3) is 0.778. The SMILES string of the molecule is CCCCC(=O)[N]NC(=O)CCCF. The average Bonchev–Trinajstić information content (AvgIpc) is 2.20. The van der Waals surface area contributed by atoms with Gasteiger partial charge in [-0.3, -0.25) is 14.0 Å². The van der Waals surface area contributed by atoms with Crippen LogP contribution in [0.2, 0.25) is 0 Å². The number of halogens is 1. The summed E-state index contributed by atoms with van der Waals surface area (Å²) in [6, 6.07) is 0. The summed E-state index contributed by atoms with van der Waals surface area (Å²) in [4.78, 5) is 21.8. The Morgan fingerprint density at radius 3 is 2.57 bits per heavy atom. The van der Waals surface area contributed by atoms with E-state index in [0.717, 1.165) is 12.8 Å². The third kappa shape index (κ3) is 7.52. The first-order chi connectivity index (χ1) is 6.70. The lowest BCUT2D eigenvalue weighted by Crippen LogP contribution is -2.35. The van der Waals surface area contributed by atoms with Crippen molar-refractivity contribution in [3.05, 3.63) is 0 Å². The van der Waals surface area contributed by atoms with Gasteiger partial charge >= 0.3 is 0 Å². The predicted octanol–water partition coefficient (Wildman–Crippen LogP) is 1.09. The largest absolute Gasteiger partial charge is 0.273 e. The van der Waals surface area contributed by atoms with Gasteiger partial charge in [-0.25, -0.2) is 5.43 Å². The van der Waals surface area contributed by atoms with Crippen LogP contribution >= 0.6 is 0 Å². The van der Waals surface area contributed by atoms with Gasteiger partial charge in [0.1, 0.15) is 0 Å². The fourth-order valence-electron chi connectivity index (χ4n) is 0.792. The molecule has 0 saturated carbocycles. The summed E-state index contributed by atoms with van der Waals surface area (Å²) in [6.45, 7) is 1.43. The van der Waals surface area contributed by atoms with Gasteiger partial charge in [-0.05, 0) is 12.8 Å². The lowest BCUT2D eigenvalue weighted by atomic mass is 10.2. The minimum absolute atomic E-state index is 0.0705. The fourth-order valence-corrected chi connectivity index (χ4v) is 0.792. The number of carbonyl (C=O) groups is 2. The van der Waals surface area contributed by atoms with E-state index >= 15 is 0 Å². The quantitative estimate of drug-likeness (QED) is 0.657. The predicted molar refractivity (Wildman–Crippen MR) is 50.0 cm³/mol. The van der Waals surface area contributed by atoms with Crippen molar-refractivity contribution >= 4 is 11.8 Å². The maximum absolute atomic E-state index is 11.6. The molecule has 5 heteroatoms. The first-order valence-corrected chi connectivity index (χ1v) is 4.79. The van der Waals surface area contributed by atoms with E-state index in [1.807, 2.05) is 6.92 Å². The molecule has 0 atom stereocenters. The third-order valence-corrected chi connectivity index (χ3v) is 1.59. The highest BCUT2D eigenvalue weighted by molar-refractivity contribution is 5.81. The molecule has 14 heavy (non-hydrogen) atoms. The van der Waals surface area contributed by atoms with Gasteiger partial charge in [-0.15, -0.1) is 5.43 Å².